The lowest BCUT2D eigenvalue weighted by molar-refractivity contribution is -0.113. The van der Waals surface area contributed by atoms with Crippen LogP contribution in [-0.2, 0) is 17.8 Å². The number of halogens is 1. The number of nitrogens with one attached hydrogen (secondary N) is 1. The third-order valence-electron chi connectivity index (χ3n) is 4.22. The number of carbonyl (C=O) groups excluding carboxylic acids is 1. The zero-order valence-electron chi connectivity index (χ0n) is 16.3. The van der Waals surface area contributed by atoms with E-state index in [1.165, 1.54) is 23.1 Å². The summed E-state index contributed by atoms with van der Waals surface area (Å²) in [6.45, 7) is 4.28. The summed E-state index contributed by atoms with van der Waals surface area (Å²) in [5.41, 5.74) is 1.02. The van der Waals surface area contributed by atoms with Crippen LogP contribution in [0, 0.1) is 0 Å². The number of anilines is 1. The number of nitrogens with zero attached hydrogens (tertiary/aromatic N) is 4. The molecule has 0 saturated carbocycles. The number of thioether (sulfide) groups is 1. The fourth-order valence-electron chi connectivity index (χ4n) is 2.84. The fraction of sp³-hybridized carbons (Fsp3) is 0.143. The Bertz CT molecular complexity index is 1190. The minimum atomic E-state index is -0.170. The Morgan fingerprint density at radius 1 is 1.29 bits per heavy atom. The standard InChI is InChI=1S/C21H18ClN5O2S2/c1-2-9-27-19(17-8-5-10-29-17)25-26-21(27)30-13-18(28)24-20-23-12-15(31-20)11-14-6-3-4-7-16(14)22/h2-8,10,12H,1,9,11,13H2,(H,23,24,28). The molecule has 1 aromatic carbocycles. The molecule has 0 aliphatic heterocycles. The topological polar surface area (TPSA) is 85.8 Å². The van der Waals surface area contributed by atoms with Crippen molar-refractivity contribution in [1.82, 2.24) is 19.7 Å². The summed E-state index contributed by atoms with van der Waals surface area (Å²) in [6.07, 6.45) is 5.75. The predicted octanol–water partition coefficient (Wildman–Crippen LogP) is 5.16. The van der Waals surface area contributed by atoms with E-state index in [0.717, 1.165) is 15.5 Å². The van der Waals surface area contributed by atoms with Gasteiger partial charge in [-0.25, -0.2) is 4.98 Å². The van der Waals surface area contributed by atoms with Crippen molar-refractivity contribution in [3.63, 3.8) is 0 Å². The van der Waals surface area contributed by atoms with E-state index in [1.54, 1.807) is 24.6 Å². The van der Waals surface area contributed by atoms with E-state index in [1.807, 2.05) is 34.9 Å². The van der Waals surface area contributed by atoms with E-state index in [-0.39, 0.29) is 11.7 Å². The second kappa shape index (κ2) is 9.95. The molecule has 31 heavy (non-hydrogen) atoms. The molecule has 0 aliphatic carbocycles. The van der Waals surface area contributed by atoms with Crippen molar-refractivity contribution in [1.29, 1.82) is 0 Å². The first kappa shape index (κ1) is 21.4. The molecule has 0 saturated heterocycles. The summed E-state index contributed by atoms with van der Waals surface area (Å²) in [7, 11) is 0. The van der Waals surface area contributed by atoms with Crippen LogP contribution in [-0.4, -0.2) is 31.4 Å². The van der Waals surface area contributed by atoms with Gasteiger partial charge in [-0.1, -0.05) is 47.6 Å². The van der Waals surface area contributed by atoms with Gasteiger partial charge in [-0.05, 0) is 23.8 Å². The lowest BCUT2D eigenvalue weighted by Gasteiger charge is -2.06. The van der Waals surface area contributed by atoms with Crippen LogP contribution in [0.4, 0.5) is 5.13 Å². The third kappa shape index (κ3) is 5.25. The van der Waals surface area contributed by atoms with Gasteiger partial charge in [-0.2, -0.15) is 0 Å². The van der Waals surface area contributed by atoms with Crippen LogP contribution in [0.1, 0.15) is 10.4 Å². The monoisotopic (exact) mass is 471 g/mol. The molecular formula is C21H18ClN5O2S2. The molecule has 3 aromatic heterocycles. The minimum absolute atomic E-state index is 0.170. The van der Waals surface area contributed by atoms with Crippen LogP contribution in [0.2, 0.25) is 5.02 Å². The summed E-state index contributed by atoms with van der Waals surface area (Å²) in [5.74, 6) is 1.21. The largest absolute Gasteiger partial charge is 0.461 e. The average molecular weight is 472 g/mol. The molecule has 0 atom stereocenters. The van der Waals surface area contributed by atoms with Crippen molar-refractivity contribution in [3.05, 3.63) is 77.0 Å². The van der Waals surface area contributed by atoms with Gasteiger partial charge in [0.25, 0.3) is 0 Å². The highest BCUT2D eigenvalue weighted by molar-refractivity contribution is 7.99. The van der Waals surface area contributed by atoms with E-state index in [4.69, 9.17) is 16.0 Å². The Labute approximate surface area is 192 Å². The van der Waals surface area contributed by atoms with Crippen molar-refractivity contribution in [2.45, 2.75) is 18.1 Å². The van der Waals surface area contributed by atoms with Crippen molar-refractivity contribution in [2.75, 3.05) is 11.1 Å². The molecule has 0 unspecified atom stereocenters. The van der Waals surface area contributed by atoms with Gasteiger partial charge in [0.15, 0.2) is 16.0 Å². The summed E-state index contributed by atoms with van der Waals surface area (Å²) in [5, 5.41) is 13.1. The number of aromatic nitrogens is 4. The van der Waals surface area contributed by atoms with Crippen molar-refractivity contribution < 1.29 is 9.21 Å². The third-order valence-corrected chi connectivity index (χ3v) is 6.47. The van der Waals surface area contributed by atoms with Crippen molar-refractivity contribution in [2.24, 2.45) is 0 Å². The number of thiazole rings is 1. The molecule has 10 heteroatoms. The molecule has 1 amide bonds. The number of furan rings is 1. The zero-order chi connectivity index (χ0) is 21.6. The van der Waals surface area contributed by atoms with Gasteiger partial charge < -0.3 is 9.73 Å². The van der Waals surface area contributed by atoms with E-state index in [0.29, 0.717) is 34.8 Å². The summed E-state index contributed by atoms with van der Waals surface area (Å²) in [4.78, 5) is 17.7. The Kier molecular flexibility index (Phi) is 6.86. The smallest absolute Gasteiger partial charge is 0.236 e. The first-order valence-electron chi connectivity index (χ1n) is 9.32. The van der Waals surface area contributed by atoms with E-state index in [2.05, 4.69) is 27.1 Å². The van der Waals surface area contributed by atoms with E-state index in [9.17, 15) is 4.79 Å². The molecule has 0 radical (unpaired) electrons. The minimum Gasteiger partial charge on any atom is -0.461 e. The quantitative estimate of drug-likeness (QED) is 0.268. The molecule has 1 N–H and O–H groups in total. The Morgan fingerprint density at radius 3 is 2.94 bits per heavy atom. The van der Waals surface area contributed by atoms with Gasteiger partial charge in [0.2, 0.25) is 11.7 Å². The summed E-state index contributed by atoms with van der Waals surface area (Å²) >= 11 is 8.94. The summed E-state index contributed by atoms with van der Waals surface area (Å²) < 4.78 is 7.27. The first-order valence-corrected chi connectivity index (χ1v) is 11.5. The number of hydrogen-bond donors (Lipinski definition) is 1. The maximum absolute atomic E-state index is 12.4. The van der Waals surface area contributed by atoms with Gasteiger partial charge in [0.05, 0.1) is 12.0 Å². The van der Waals surface area contributed by atoms with Gasteiger partial charge in [-0.3, -0.25) is 9.36 Å². The fourth-order valence-corrected chi connectivity index (χ4v) is 4.64. The molecule has 4 rings (SSSR count). The highest BCUT2D eigenvalue weighted by Gasteiger charge is 2.17. The normalized spacial score (nSPS) is 10.9. The van der Waals surface area contributed by atoms with E-state index < -0.39 is 0 Å². The molecule has 0 bridgehead atoms. The maximum atomic E-state index is 12.4. The van der Waals surface area contributed by atoms with Crippen LogP contribution in [0.15, 0.2) is 71.1 Å². The average Bonchev–Trinajstić information content (AvgIpc) is 3.50. The number of carbonyl (C=O) groups is 1. The molecule has 0 spiro atoms. The Balaban J connectivity index is 1.36. The van der Waals surface area contributed by atoms with Crippen LogP contribution >= 0.6 is 34.7 Å². The number of allylic oxidation sites excluding steroid dienone is 1. The molecule has 7 nitrogen and oxygen atoms in total. The first-order chi connectivity index (χ1) is 15.1. The van der Waals surface area contributed by atoms with Crippen LogP contribution in [0.5, 0.6) is 0 Å². The number of benzene rings is 1. The zero-order valence-corrected chi connectivity index (χ0v) is 18.7. The molecule has 3 heterocycles. The number of rotatable bonds is 9. The predicted molar refractivity (Wildman–Crippen MR) is 124 cm³/mol. The van der Waals surface area contributed by atoms with Crippen LogP contribution < -0.4 is 5.32 Å². The van der Waals surface area contributed by atoms with Crippen molar-refractivity contribution >= 4 is 45.7 Å². The number of hydrogen-bond acceptors (Lipinski definition) is 7. The van der Waals surface area contributed by atoms with Gasteiger partial charge in [-0.15, -0.1) is 28.1 Å². The molecule has 0 fully saturated rings. The molecule has 4 aromatic rings. The second-order valence-corrected chi connectivity index (χ2v) is 8.88. The van der Waals surface area contributed by atoms with E-state index >= 15 is 0 Å². The lowest BCUT2D eigenvalue weighted by Crippen LogP contribution is -2.14. The highest BCUT2D eigenvalue weighted by Crippen LogP contribution is 2.26. The lowest BCUT2D eigenvalue weighted by atomic mass is 10.1. The van der Waals surface area contributed by atoms with Crippen LogP contribution in [0.25, 0.3) is 11.6 Å². The highest BCUT2D eigenvalue weighted by atomic mass is 35.5. The number of amides is 1. The Hall–Kier alpha value is -2.88. The van der Waals surface area contributed by atoms with Crippen LogP contribution in [0.3, 0.4) is 0 Å². The van der Waals surface area contributed by atoms with Crippen molar-refractivity contribution in [3.8, 4) is 11.6 Å². The second-order valence-electron chi connectivity index (χ2n) is 6.42. The maximum Gasteiger partial charge on any atom is 0.236 e. The SMILES string of the molecule is C=CCn1c(SCC(=O)Nc2ncc(Cc3ccccc3Cl)s2)nnc1-c1ccco1. The van der Waals surface area contributed by atoms with Gasteiger partial charge >= 0.3 is 0 Å². The Morgan fingerprint density at radius 2 is 2.16 bits per heavy atom. The molecule has 0 aliphatic rings. The molecular weight excluding hydrogens is 454 g/mol. The van der Waals surface area contributed by atoms with Gasteiger partial charge in [0, 0.05) is 29.1 Å². The summed E-state index contributed by atoms with van der Waals surface area (Å²) in [6, 6.07) is 11.3. The molecule has 158 valence electrons. The van der Waals surface area contributed by atoms with Gasteiger partial charge in [0.1, 0.15) is 0 Å².